The summed E-state index contributed by atoms with van der Waals surface area (Å²) in [4.78, 5) is 10.2. The predicted molar refractivity (Wildman–Crippen MR) is 76.9 cm³/mol. The molecule has 0 fully saturated rings. The van der Waals surface area contributed by atoms with Crippen LogP contribution in [-0.2, 0) is 0 Å². The van der Waals surface area contributed by atoms with Crippen molar-refractivity contribution in [2.75, 3.05) is 11.9 Å². The molecule has 106 valence electrons. The zero-order chi connectivity index (χ0) is 14.6. The van der Waals surface area contributed by atoms with Crippen molar-refractivity contribution >= 4 is 23.0 Å². The Labute approximate surface area is 117 Å². The molecular weight excluding hydrogens is 268 g/mol. The van der Waals surface area contributed by atoms with Crippen molar-refractivity contribution in [3.8, 4) is 0 Å². The van der Waals surface area contributed by atoms with E-state index in [0.717, 1.165) is 5.56 Å². The Balaban J connectivity index is 2.92. The maximum Gasteiger partial charge on any atom is 0.288 e. The molecule has 0 saturated heterocycles. The van der Waals surface area contributed by atoms with E-state index in [1.165, 1.54) is 12.1 Å². The summed E-state index contributed by atoms with van der Waals surface area (Å²) in [6.45, 7) is 5.99. The van der Waals surface area contributed by atoms with Gasteiger partial charge >= 0.3 is 0 Å². The summed E-state index contributed by atoms with van der Waals surface area (Å²) in [7, 11) is 0. The third-order valence-electron chi connectivity index (χ3n) is 3.41. The van der Waals surface area contributed by atoms with Crippen molar-refractivity contribution in [1.82, 2.24) is 0 Å². The van der Waals surface area contributed by atoms with Crippen molar-refractivity contribution in [1.29, 1.82) is 0 Å². The highest BCUT2D eigenvalue weighted by molar-refractivity contribution is 6.33. The van der Waals surface area contributed by atoms with Gasteiger partial charge in [-0.15, -0.1) is 0 Å². The van der Waals surface area contributed by atoms with Gasteiger partial charge in [0.15, 0.2) is 0 Å². The number of aliphatic hydroxyl groups is 1. The smallest absolute Gasteiger partial charge is 0.288 e. The lowest BCUT2D eigenvalue weighted by molar-refractivity contribution is -0.384. The van der Waals surface area contributed by atoms with E-state index in [0.29, 0.717) is 25.1 Å². The average Bonchev–Trinajstić information content (AvgIpc) is 2.38. The van der Waals surface area contributed by atoms with Crippen LogP contribution in [0.2, 0.25) is 5.02 Å². The first-order valence-corrected chi connectivity index (χ1v) is 6.61. The monoisotopic (exact) mass is 286 g/mol. The third kappa shape index (κ3) is 3.81. The van der Waals surface area contributed by atoms with E-state index in [4.69, 9.17) is 11.6 Å². The summed E-state index contributed by atoms with van der Waals surface area (Å²) in [5.41, 5.74) is 0.549. The fourth-order valence-corrected chi connectivity index (χ4v) is 1.99. The van der Waals surface area contributed by atoms with Gasteiger partial charge in [-0.25, -0.2) is 0 Å². The highest BCUT2D eigenvalue weighted by Gasteiger charge is 2.22. The number of rotatable bonds is 6. The first kappa shape index (κ1) is 15.7. The SMILES string of the molecule is CCC(O)(CC)CNc1cc(Cl)c([N+](=O)[O-])cc1C. The lowest BCUT2D eigenvalue weighted by Crippen LogP contribution is -2.35. The molecule has 0 heterocycles. The Bertz CT molecular complexity index is 473. The van der Waals surface area contributed by atoms with Gasteiger partial charge in [-0.3, -0.25) is 10.1 Å². The van der Waals surface area contributed by atoms with E-state index < -0.39 is 10.5 Å². The Hall–Kier alpha value is -1.33. The minimum Gasteiger partial charge on any atom is -0.388 e. The Morgan fingerprint density at radius 2 is 2.00 bits per heavy atom. The number of aryl methyl sites for hydroxylation is 1. The van der Waals surface area contributed by atoms with Crippen molar-refractivity contribution in [3.05, 3.63) is 32.8 Å². The van der Waals surface area contributed by atoms with Crippen LogP contribution in [0.15, 0.2) is 12.1 Å². The molecule has 1 aromatic rings. The fraction of sp³-hybridized carbons (Fsp3) is 0.538. The molecule has 0 aliphatic rings. The maximum atomic E-state index is 10.8. The van der Waals surface area contributed by atoms with E-state index >= 15 is 0 Å². The number of halogens is 1. The van der Waals surface area contributed by atoms with Crippen LogP contribution in [0.4, 0.5) is 11.4 Å². The van der Waals surface area contributed by atoms with Crippen LogP contribution < -0.4 is 5.32 Å². The molecule has 5 nitrogen and oxygen atoms in total. The second kappa shape index (κ2) is 6.21. The summed E-state index contributed by atoms with van der Waals surface area (Å²) in [5, 5.41) is 24.1. The molecule has 0 spiro atoms. The zero-order valence-corrected chi connectivity index (χ0v) is 12.1. The highest BCUT2D eigenvalue weighted by Crippen LogP contribution is 2.31. The maximum absolute atomic E-state index is 10.8. The molecule has 0 radical (unpaired) electrons. The number of anilines is 1. The number of hydrogen-bond donors (Lipinski definition) is 2. The van der Waals surface area contributed by atoms with Crippen LogP contribution in [0.25, 0.3) is 0 Å². The lowest BCUT2D eigenvalue weighted by Gasteiger charge is -2.26. The molecule has 0 saturated carbocycles. The molecule has 6 heteroatoms. The summed E-state index contributed by atoms with van der Waals surface area (Å²) < 4.78 is 0. The van der Waals surface area contributed by atoms with Crippen LogP contribution in [0.5, 0.6) is 0 Å². The first-order chi connectivity index (χ1) is 8.83. The van der Waals surface area contributed by atoms with Crippen LogP contribution in [0, 0.1) is 17.0 Å². The van der Waals surface area contributed by atoms with E-state index in [9.17, 15) is 15.2 Å². The van der Waals surface area contributed by atoms with E-state index in [1.54, 1.807) is 6.92 Å². The van der Waals surface area contributed by atoms with Gasteiger partial charge in [0.25, 0.3) is 5.69 Å². The van der Waals surface area contributed by atoms with E-state index in [1.807, 2.05) is 13.8 Å². The average molecular weight is 287 g/mol. The van der Waals surface area contributed by atoms with Crippen LogP contribution in [-0.4, -0.2) is 22.2 Å². The number of hydrogen-bond acceptors (Lipinski definition) is 4. The summed E-state index contributed by atoms with van der Waals surface area (Å²) in [6.07, 6.45) is 1.27. The van der Waals surface area contributed by atoms with Gasteiger partial charge in [-0.2, -0.15) is 0 Å². The Kier molecular flexibility index (Phi) is 5.14. The minimum atomic E-state index is -0.777. The molecule has 2 N–H and O–H groups in total. The van der Waals surface area contributed by atoms with Gasteiger partial charge in [0, 0.05) is 18.3 Å². The number of nitro benzene ring substituents is 1. The van der Waals surface area contributed by atoms with Gasteiger partial charge in [0.1, 0.15) is 5.02 Å². The second-order valence-electron chi connectivity index (χ2n) is 4.66. The van der Waals surface area contributed by atoms with Crippen LogP contribution in [0.1, 0.15) is 32.3 Å². The molecule has 19 heavy (non-hydrogen) atoms. The number of benzene rings is 1. The van der Waals surface area contributed by atoms with Crippen molar-refractivity contribution < 1.29 is 10.0 Å². The van der Waals surface area contributed by atoms with E-state index in [2.05, 4.69) is 5.32 Å². The molecule has 0 aliphatic carbocycles. The number of nitro groups is 1. The first-order valence-electron chi connectivity index (χ1n) is 6.23. The minimum absolute atomic E-state index is 0.0923. The summed E-state index contributed by atoms with van der Waals surface area (Å²) in [5.74, 6) is 0. The molecule has 0 amide bonds. The fourth-order valence-electron chi connectivity index (χ4n) is 1.76. The predicted octanol–water partition coefficient (Wildman–Crippen LogP) is 3.52. The molecule has 0 aliphatic heterocycles. The van der Waals surface area contributed by atoms with Crippen molar-refractivity contribution in [3.63, 3.8) is 0 Å². The van der Waals surface area contributed by atoms with Gasteiger partial charge in [-0.1, -0.05) is 25.4 Å². The van der Waals surface area contributed by atoms with Crippen LogP contribution in [0.3, 0.4) is 0 Å². The summed E-state index contributed by atoms with van der Waals surface area (Å²) >= 11 is 5.87. The topological polar surface area (TPSA) is 75.4 Å². The highest BCUT2D eigenvalue weighted by atomic mass is 35.5. The van der Waals surface area contributed by atoms with Crippen molar-refractivity contribution in [2.45, 2.75) is 39.2 Å². The number of nitrogens with zero attached hydrogens (tertiary/aromatic N) is 1. The largest absolute Gasteiger partial charge is 0.388 e. The third-order valence-corrected chi connectivity index (χ3v) is 3.72. The van der Waals surface area contributed by atoms with E-state index in [-0.39, 0.29) is 10.7 Å². The molecule has 1 aromatic carbocycles. The zero-order valence-electron chi connectivity index (χ0n) is 11.4. The van der Waals surface area contributed by atoms with Gasteiger partial charge in [-0.05, 0) is 31.4 Å². The van der Waals surface area contributed by atoms with Crippen molar-refractivity contribution in [2.24, 2.45) is 0 Å². The van der Waals surface area contributed by atoms with Gasteiger partial charge in [0.05, 0.1) is 10.5 Å². The number of nitrogens with one attached hydrogen (secondary N) is 1. The molecule has 1 rings (SSSR count). The normalized spacial score (nSPS) is 11.4. The molecule has 0 unspecified atom stereocenters. The molecule has 0 aromatic heterocycles. The quantitative estimate of drug-likeness (QED) is 0.620. The summed E-state index contributed by atoms with van der Waals surface area (Å²) in [6, 6.07) is 2.96. The van der Waals surface area contributed by atoms with Gasteiger partial charge < -0.3 is 10.4 Å². The lowest BCUT2D eigenvalue weighted by atomic mass is 9.97. The molecule has 0 bridgehead atoms. The van der Waals surface area contributed by atoms with Gasteiger partial charge in [0.2, 0.25) is 0 Å². The molecule has 0 atom stereocenters. The van der Waals surface area contributed by atoms with Crippen LogP contribution >= 0.6 is 11.6 Å². The Morgan fingerprint density at radius 1 is 1.42 bits per heavy atom. The molecular formula is C13H19ClN2O3. The standard InChI is InChI=1S/C13H19ClN2O3/c1-4-13(17,5-2)8-15-11-7-10(14)12(16(18)19)6-9(11)3/h6-7,15,17H,4-5,8H2,1-3H3. The second-order valence-corrected chi connectivity index (χ2v) is 5.07. The Morgan fingerprint density at radius 3 is 2.47 bits per heavy atom.